The topological polar surface area (TPSA) is 49.4 Å². The maximum absolute atomic E-state index is 14.0. The molecular weight excluding hydrogens is 302 g/mol. The van der Waals surface area contributed by atoms with E-state index in [1.807, 2.05) is 0 Å². The summed E-state index contributed by atoms with van der Waals surface area (Å²) in [6.45, 7) is 1.46. The summed E-state index contributed by atoms with van der Waals surface area (Å²) in [6.07, 6.45) is 0. The Morgan fingerprint density at radius 3 is 2.35 bits per heavy atom. The molecule has 1 unspecified atom stereocenters. The molecule has 4 nitrogen and oxygen atoms in total. The van der Waals surface area contributed by atoms with Gasteiger partial charge in [0.05, 0.1) is 6.54 Å². The summed E-state index contributed by atoms with van der Waals surface area (Å²) in [4.78, 5) is 25.8. The molecule has 0 spiro atoms. The summed E-state index contributed by atoms with van der Waals surface area (Å²) in [5.74, 6) is -1.51. The number of imide groups is 1. The lowest BCUT2D eigenvalue weighted by atomic mass is 9.91. The van der Waals surface area contributed by atoms with Crippen molar-refractivity contribution in [1.29, 1.82) is 0 Å². The highest BCUT2D eigenvalue weighted by Gasteiger charge is 2.50. The second kappa shape index (κ2) is 5.46. The first kappa shape index (κ1) is 15.1. The molecule has 0 radical (unpaired) electrons. The number of nitrogens with zero attached hydrogens (tertiary/aromatic N) is 1. The molecule has 3 rings (SSSR count). The van der Waals surface area contributed by atoms with Crippen LogP contribution in [0.25, 0.3) is 0 Å². The van der Waals surface area contributed by atoms with E-state index in [-0.39, 0.29) is 12.1 Å². The van der Waals surface area contributed by atoms with Gasteiger partial charge in [-0.25, -0.2) is 13.6 Å². The first-order chi connectivity index (χ1) is 10.9. The highest BCUT2D eigenvalue weighted by atomic mass is 19.1. The van der Waals surface area contributed by atoms with Crippen LogP contribution in [0, 0.1) is 11.6 Å². The number of rotatable bonds is 3. The predicted molar refractivity (Wildman–Crippen MR) is 79.2 cm³/mol. The number of hydrogen-bond donors (Lipinski definition) is 1. The van der Waals surface area contributed by atoms with Gasteiger partial charge >= 0.3 is 6.03 Å². The van der Waals surface area contributed by atoms with Crippen LogP contribution in [-0.2, 0) is 16.9 Å². The van der Waals surface area contributed by atoms with Gasteiger partial charge in [-0.15, -0.1) is 0 Å². The maximum Gasteiger partial charge on any atom is 0.325 e. The molecule has 0 bridgehead atoms. The Morgan fingerprint density at radius 1 is 1.04 bits per heavy atom. The predicted octanol–water partition coefficient (Wildman–Crippen LogP) is 2.93. The molecule has 1 N–H and O–H groups in total. The molecule has 0 saturated carbocycles. The monoisotopic (exact) mass is 316 g/mol. The molecule has 1 aliphatic heterocycles. The van der Waals surface area contributed by atoms with Crippen LogP contribution in [0.1, 0.15) is 18.1 Å². The van der Waals surface area contributed by atoms with Gasteiger partial charge in [0, 0.05) is 5.56 Å². The van der Waals surface area contributed by atoms with Gasteiger partial charge in [-0.2, -0.15) is 0 Å². The number of amides is 3. The normalized spacial score (nSPS) is 20.7. The standard InChI is InChI=1S/C17H14F2N2O2/c1-17(13-4-2-3-5-14(13)19)15(22)21(16(23)20-17)10-11-6-8-12(18)9-7-11/h2-9H,10H2,1H3,(H,20,23). The number of carbonyl (C=O) groups is 2. The van der Waals surface area contributed by atoms with E-state index in [9.17, 15) is 18.4 Å². The van der Waals surface area contributed by atoms with E-state index >= 15 is 0 Å². The van der Waals surface area contributed by atoms with Crippen LogP contribution in [0.15, 0.2) is 48.5 Å². The van der Waals surface area contributed by atoms with Crippen molar-refractivity contribution in [2.75, 3.05) is 0 Å². The SMILES string of the molecule is CC1(c2ccccc2F)NC(=O)N(Cc2ccc(F)cc2)C1=O. The van der Waals surface area contributed by atoms with Gasteiger partial charge in [-0.3, -0.25) is 9.69 Å². The molecule has 1 saturated heterocycles. The molecule has 1 heterocycles. The van der Waals surface area contributed by atoms with Gasteiger partial charge in [-0.05, 0) is 30.7 Å². The molecule has 2 aromatic carbocycles. The fraction of sp³-hybridized carbons (Fsp3) is 0.176. The highest BCUT2D eigenvalue weighted by molar-refractivity contribution is 6.07. The zero-order valence-corrected chi connectivity index (χ0v) is 12.3. The van der Waals surface area contributed by atoms with Crippen LogP contribution in [0.5, 0.6) is 0 Å². The minimum absolute atomic E-state index is 0.00497. The van der Waals surface area contributed by atoms with Crippen molar-refractivity contribution < 1.29 is 18.4 Å². The number of nitrogens with one attached hydrogen (secondary N) is 1. The zero-order chi connectivity index (χ0) is 16.6. The van der Waals surface area contributed by atoms with Crippen LogP contribution in [0.3, 0.4) is 0 Å². The van der Waals surface area contributed by atoms with E-state index in [2.05, 4.69) is 5.32 Å². The second-order valence-corrected chi connectivity index (χ2v) is 5.55. The van der Waals surface area contributed by atoms with Crippen molar-refractivity contribution >= 4 is 11.9 Å². The molecular formula is C17H14F2N2O2. The van der Waals surface area contributed by atoms with Crippen LogP contribution in [0.4, 0.5) is 13.6 Å². The third-order valence-corrected chi connectivity index (χ3v) is 3.94. The van der Waals surface area contributed by atoms with Gasteiger partial charge in [0.2, 0.25) is 0 Å². The largest absolute Gasteiger partial charge is 0.325 e. The van der Waals surface area contributed by atoms with Crippen molar-refractivity contribution in [3.05, 3.63) is 71.3 Å². The van der Waals surface area contributed by atoms with E-state index in [0.29, 0.717) is 5.56 Å². The Balaban J connectivity index is 1.91. The molecule has 0 aliphatic carbocycles. The fourth-order valence-corrected chi connectivity index (χ4v) is 2.66. The van der Waals surface area contributed by atoms with E-state index < -0.39 is 29.1 Å². The summed E-state index contributed by atoms with van der Waals surface area (Å²) in [7, 11) is 0. The summed E-state index contributed by atoms with van der Waals surface area (Å²) in [5.41, 5.74) is -0.740. The molecule has 1 aliphatic rings. The van der Waals surface area contributed by atoms with Gasteiger partial charge in [0.15, 0.2) is 0 Å². The fourth-order valence-electron chi connectivity index (χ4n) is 2.66. The first-order valence-corrected chi connectivity index (χ1v) is 7.05. The van der Waals surface area contributed by atoms with Gasteiger partial charge < -0.3 is 5.32 Å². The molecule has 23 heavy (non-hydrogen) atoms. The number of halogens is 2. The van der Waals surface area contributed by atoms with Crippen molar-refractivity contribution in [3.8, 4) is 0 Å². The third-order valence-electron chi connectivity index (χ3n) is 3.94. The molecule has 118 valence electrons. The summed E-state index contributed by atoms with van der Waals surface area (Å²) < 4.78 is 27.0. The van der Waals surface area contributed by atoms with E-state index in [0.717, 1.165) is 4.90 Å². The first-order valence-electron chi connectivity index (χ1n) is 7.05. The average molecular weight is 316 g/mol. The molecule has 6 heteroatoms. The van der Waals surface area contributed by atoms with Gasteiger partial charge in [0.1, 0.15) is 17.2 Å². The summed E-state index contributed by atoms with van der Waals surface area (Å²) in [6, 6.07) is 10.7. The molecule has 0 aromatic heterocycles. The molecule has 3 amide bonds. The Bertz CT molecular complexity index is 776. The lowest BCUT2D eigenvalue weighted by Gasteiger charge is -2.22. The van der Waals surface area contributed by atoms with E-state index in [4.69, 9.17) is 0 Å². The summed E-state index contributed by atoms with van der Waals surface area (Å²) >= 11 is 0. The third kappa shape index (κ3) is 2.56. The highest BCUT2D eigenvalue weighted by Crippen LogP contribution is 2.31. The second-order valence-electron chi connectivity index (χ2n) is 5.55. The van der Waals surface area contributed by atoms with Gasteiger partial charge in [0.25, 0.3) is 5.91 Å². The Hall–Kier alpha value is -2.76. The van der Waals surface area contributed by atoms with Crippen molar-refractivity contribution in [3.63, 3.8) is 0 Å². The van der Waals surface area contributed by atoms with Crippen molar-refractivity contribution in [1.82, 2.24) is 10.2 Å². The van der Waals surface area contributed by atoms with Crippen molar-refractivity contribution in [2.45, 2.75) is 19.0 Å². The Kier molecular flexibility index (Phi) is 3.60. The minimum atomic E-state index is -1.46. The number of hydrogen-bond acceptors (Lipinski definition) is 2. The smallest absolute Gasteiger partial charge is 0.319 e. The van der Waals surface area contributed by atoms with Crippen molar-refractivity contribution in [2.24, 2.45) is 0 Å². The molecule has 1 fully saturated rings. The Labute approximate surface area is 131 Å². The van der Waals surface area contributed by atoms with Crippen LogP contribution in [0.2, 0.25) is 0 Å². The van der Waals surface area contributed by atoms with E-state index in [1.165, 1.54) is 49.4 Å². The lowest BCUT2D eigenvalue weighted by molar-refractivity contribution is -0.131. The van der Waals surface area contributed by atoms with Crippen LogP contribution in [-0.4, -0.2) is 16.8 Å². The maximum atomic E-state index is 14.0. The lowest BCUT2D eigenvalue weighted by Crippen LogP contribution is -2.41. The van der Waals surface area contributed by atoms with Crippen LogP contribution >= 0.6 is 0 Å². The quantitative estimate of drug-likeness (QED) is 0.885. The van der Waals surface area contributed by atoms with Gasteiger partial charge in [-0.1, -0.05) is 30.3 Å². The van der Waals surface area contributed by atoms with E-state index in [1.54, 1.807) is 6.07 Å². The number of urea groups is 1. The van der Waals surface area contributed by atoms with Crippen LogP contribution < -0.4 is 5.32 Å². The molecule has 2 aromatic rings. The minimum Gasteiger partial charge on any atom is -0.319 e. The number of benzene rings is 2. The zero-order valence-electron chi connectivity index (χ0n) is 12.3. The summed E-state index contributed by atoms with van der Waals surface area (Å²) in [5, 5.41) is 2.54. The average Bonchev–Trinajstić information content (AvgIpc) is 2.74. The molecule has 1 atom stereocenters. The Morgan fingerprint density at radius 2 is 1.70 bits per heavy atom. The number of carbonyl (C=O) groups excluding carboxylic acids is 2.